The second kappa shape index (κ2) is 17.2. The minimum Gasteiger partial charge on any atom is -0.309 e. The van der Waals surface area contributed by atoms with E-state index in [-0.39, 0.29) is 5.41 Å². The molecule has 20 rings (SSSR count). The summed E-state index contributed by atoms with van der Waals surface area (Å²) in [6.45, 7) is 0. The first-order valence-corrected chi connectivity index (χ1v) is 30.1. The predicted octanol–water partition coefficient (Wildman–Crippen LogP) is 20.9. The Kier molecular flexibility index (Phi) is 9.51. The van der Waals surface area contributed by atoms with Gasteiger partial charge in [0, 0.05) is 54.8 Å². The fourth-order valence-electron chi connectivity index (χ4n) is 17.7. The van der Waals surface area contributed by atoms with Gasteiger partial charge in [-0.25, -0.2) is 0 Å². The van der Waals surface area contributed by atoms with E-state index in [2.05, 4.69) is 275 Å². The SMILES string of the molecule is c1cc(-n2c3ccccc3c3ccc(-c4ccc5c(c4)C4(c6ccccc6-5)C5CC6CC(C5)CC4C6)cc32)cc(-n2c3ccccc3c3ccc(-c4ccc5c6ccccc6n(-c6ccc(-c7cccc8ccccc78)cc6)c5c4)cc32)c1. The molecular formula is C80H57N3. The van der Waals surface area contributed by atoms with Crippen molar-refractivity contribution in [2.45, 2.75) is 37.5 Å². The summed E-state index contributed by atoms with van der Waals surface area (Å²) < 4.78 is 7.46. The first-order chi connectivity index (χ1) is 41.1. The maximum atomic E-state index is 2.65. The standard InChI is InChI=1S/C80H57N3/c1-2-17-62-51(13-1)14-11-22-63(62)52-27-33-59(34-28-52)81-74-24-8-4-19-66(74)69-37-31-55(46-77(69)81)56-32-38-71-68-21-6-10-26-76(68)83(79(71)47-56)61-16-12-15-60(48-61)82-75-25-9-5-20-67(75)70-36-30-54(45-78(70)82)53-29-35-65-64-18-3-7-23-72(64)80(73(65)44-53)57-40-49-39-50(42-57)43-58(80)41-49/h1-38,44-50,57-58H,39-43H2. The molecule has 392 valence electrons. The molecule has 0 saturated heterocycles. The highest BCUT2D eigenvalue weighted by atomic mass is 15.0. The number of hydrogen-bond acceptors (Lipinski definition) is 0. The number of nitrogens with zero attached hydrogens (tertiary/aromatic N) is 3. The number of aromatic nitrogens is 3. The number of para-hydroxylation sites is 3. The van der Waals surface area contributed by atoms with E-state index in [1.807, 2.05) is 0 Å². The van der Waals surface area contributed by atoms with Crippen LogP contribution >= 0.6 is 0 Å². The van der Waals surface area contributed by atoms with E-state index in [9.17, 15) is 0 Å². The fraction of sp³-hybridized carbons (Fsp3) is 0.125. The molecule has 0 amide bonds. The van der Waals surface area contributed by atoms with Crippen molar-refractivity contribution in [3.05, 3.63) is 272 Å². The van der Waals surface area contributed by atoms with Gasteiger partial charge in [0.2, 0.25) is 0 Å². The van der Waals surface area contributed by atoms with Crippen molar-refractivity contribution in [2.24, 2.45) is 23.7 Å². The molecule has 15 aromatic rings. The Morgan fingerprint density at radius 1 is 0.253 bits per heavy atom. The van der Waals surface area contributed by atoms with Gasteiger partial charge in [0.15, 0.2) is 0 Å². The molecule has 0 N–H and O–H groups in total. The van der Waals surface area contributed by atoms with Crippen LogP contribution in [-0.4, -0.2) is 13.7 Å². The molecule has 3 heteroatoms. The molecule has 12 aromatic carbocycles. The van der Waals surface area contributed by atoms with Crippen molar-refractivity contribution in [1.82, 2.24) is 13.7 Å². The summed E-state index contributed by atoms with van der Waals surface area (Å²) in [6, 6.07) is 98.9. The highest BCUT2D eigenvalue weighted by Crippen LogP contribution is 2.69. The van der Waals surface area contributed by atoms with Crippen LogP contribution in [0.25, 0.3) is 138 Å². The van der Waals surface area contributed by atoms with Gasteiger partial charge in [0.05, 0.1) is 33.1 Å². The van der Waals surface area contributed by atoms with Crippen LogP contribution < -0.4 is 0 Å². The highest BCUT2D eigenvalue weighted by molar-refractivity contribution is 6.13. The largest absolute Gasteiger partial charge is 0.309 e. The summed E-state index contributed by atoms with van der Waals surface area (Å²) >= 11 is 0. The van der Waals surface area contributed by atoms with Crippen molar-refractivity contribution >= 4 is 76.2 Å². The van der Waals surface area contributed by atoms with Crippen LogP contribution in [0.3, 0.4) is 0 Å². The maximum Gasteiger partial charge on any atom is 0.0547 e. The summed E-state index contributed by atoms with van der Waals surface area (Å²) in [5.41, 5.74) is 24.4. The lowest BCUT2D eigenvalue weighted by Crippen LogP contribution is -2.55. The molecule has 0 atom stereocenters. The van der Waals surface area contributed by atoms with Crippen LogP contribution in [0.15, 0.2) is 261 Å². The minimum atomic E-state index is 0.130. The van der Waals surface area contributed by atoms with Gasteiger partial charge in [-0.3, -0.25) is 0 Å². The Morgan fingerprint density at radius 3 is 1.24 bits per heavy atom. The minimum absolute atomic E-state index is 0.130. The van der Waals surface area contributed by atoms with Crippen molar-refractivity contribution in [3.63, 3.8) is 0 Å². The summed E-state index contributed by atoms with van der Waals surface area (Å²) in [6.07, 6.45) is 7.02. The van der Waals surface area contributed by atoms with Crippen LogP contribution in [0.1, 0.15) is 43.2 Å². The monoisotopic (exact) mass is 1060 g/mol. The zero-order chi connectivity index (χ0) is 54.1. The van der Waals surface area contributed by atoms with Gasteiger partial charge in [0.25, 0.3) is 0 Å². The van der Waals surface area contributed by atoms with Gasteiger partial charge in [-0.2, -0.15) is 0 Å². The zero-order valence-electron chi connectivity index (χ0n) is 46.0. The lowest BCUT2D eigenvalue weighted by Gasteiger charge is -2.61. The van der Waals surface area contributed by atoms with Gasteiger partial charge in [0.1, 0.15) is 0 Å². The number of fused-ring (bicyclic) bond motifs is 13. The summed E-state index contributed by atoms with van der Waals surface area (Å²) in [5.74, 6) is 3.29. The third-order valence-corrected chi connectivity index (χ3v) is 20.8. The first kappa shape index (κ1) is 46.0. The van der Waals surface area contributed by atoms with E-state index in [1.165, 1.54) is 153 Å². The van der Waals surface area contributed by atoms with E-state index < -0.39 is 0 Å². The van der Waals surface area contributed by atoms with E-state index in [0.29, 0.717) is 0 Å². The molecule has 4 bridgehead atoms. The molecule has 83 heavy (non-hydrogen) atoms. The Labute approximate surface area is 481 Å². The second-order valence-corrected chi connectivity index (χ2v) is 24.8. The van der Waals surface area contributed by atoms with Gasteiger partial charge >= 0.3 is 0 Å². The third-order valence-electron chi connectivity index (χ3n) is 20.8. The topological polar surface area (TPSA) is 14.8 Å². The Bertz CT molecular complexity index is 5200. The quantitative estimate of drug-likeness (QED) is 0.158. The van der Waals surface area contributed by atoms with Gasteiger partial charge in [-0.15, -0.1) is 0 Å². The van der Waals surface area contributed by atoms with Crippen molar-refractivity contribution in [3.8, 4) is 61.6 Å². The van der Waals surface area contributed by atoms with E-state index in [4.69, 9.17) is 0 Å². The van der Waals surface area contributed by atoms with Gasteiger partial charge in [-0.1, -0.05) is 188 Å². The van der Waals surface area contributed by atoms with Crippen LogP contribution in [0.4, 0.5) is 0 Å². The molecule has 4 saturated carbocycles. The zero-order valence-corrected chi connectivity index (χ0v) is 46.0. The summed E-state index contributed by atoms with van der Waals surface area (Å²) in [5, 5.41) is 10.1. The van der Waals surface area contributed by atoms with Crippen molar-refractivity contribution in [2.75, 3.05) is 0 Å². The van der Waals surface area contributed by atoms with Gasteiger partial charge in [-0.05, 0) is 195 Å². The third kappa shape index (κ3) is 6.45. The first-order valence-electron chi connectivity index (χ1n) is 30.1. The fourth-order valence-corrected chi connectivity index (χ4v) is 17.7. The van der Waals surface area contributed by atoms with E-state index in [0.717, 1.165) is 40.7 Å². The van der Waals surface area contributed by atoms with Gasteiger partial charge < -0.3 is 13.7 Å². The van der Waals surface area contributed by atoms with E-state index in [1.54, 1.807) is 11.1 Å². The lowest BCUT2D eigenvalue weighted by atomic mass is 9.43. The molecule has 3 heterocycles. The average molecular weight is 1060 g/mol. The second-order valence-electron chi connectivity index (χ2n) is 24.8. The summed E-state index contributed by atoms with van der Waals surface area (Å²) in [7, 11) is 0. The Hall–Kier alpha value is -9.70. The molecule has 1 spiro atoms. The smallest absolute Gasteiger partial charge is 0.0547 e. The molecule has 0 unspecified atom stereocenters. The predicted molar refractivity (Wildman–Crippen MR) is 347 cm³/mol. The molecule has 4 fully saturated rings. The average Bonchev–Trinajstić information content (AvgIpc) is 1.89. The Balaban J connectivity index is 0.734. The van der Waals surface area contributed by atoms with Crippen LogP contribution in [-0.2, 0) is 5.41 Å². The molecule has 0 radical (unpaired) electrons. The summed E-state index contributed by atoms with van der Waals surface area (Å²) in [4.78, 5) is 0. The number of benzene rings is 12. The van der Waals surface area contributed by atoms with E-state index >= 15 is 0 Å². The number of hydrogen-bond donors (Lipinski definition) is 0. The Morgan fingerprint density at radius 2 is 0.663 bits per heavy atom. The number of rotatable bonds is 6. The van der Waals surface area contributed by atoms with Crippen molar-refractivity contribution < 1.29 is 0 Å². The van der Waals surface area contributed by atoms with Crippen molar-refractivity contribution in [1.29, 1.82) is 0 Å². The molecule has 5 aliphatic carbocycles. The molecule has 5 aliphatic rings. The highest BCUT2D eigenvalue weighted by Gasteiger charge is 2.61. The maximum absolute atomic E-state index is 2.65. The molecular weight excluding hydrogens is 1000 g/mol. The normalized spacial score (nSPS) is 19.6. The molecule has 0 aliphatic heterocycles. The van der Waals surface area contributed by atoms with Crippen LogP contribution in [0, 0.1) is 23.7 Å². The van der Waals surface area contributed by atoms with Crippen LogP contribution in [0.2, 0.25) is 0 Å². The molecule has 3 nitrogen and oxygen atoms in total. The lowest BCUT2D eigenvalue weighted by molar-refractivity contribution is -0.0399. The molecule has 3 aromatic heterocycles. The van der Waals surface area contributed by atoms with Crippen LogP contribution in [0.5, 0.6) is 0 Å².